The number of carbonyl (C=O) groups is 1. The predicted octanol–water partition coefficient (Wildman–Crippen LogP) is 1.41. The molecule has 5 heteroatoms. The number of nitrogens with one attached hydrogen (secondary N) is 1. The predicted molar refractivity (Wildman–Crippen MR) is 67.0 cm³/mol. The molecule has 2 rings (SSSR count). The third-order valence-corrected chi connectivity index (χ3v) is 3.91. The second kappa shape index (κ2) is 5.60. The summed E-state index contributed by atoms with van der Waals surface area (Å²) in [7, 11) is 0. The SMILES string of the molecule is Cc1nc(CC(=O)N[C@@H]2CCCC[C@H]2O)cs1. The number of rotatable bonds is 3. The number of aromatic nitrogens is 1. The standard InChI is InChI=1S/C12H18N2O2S/c1-8-13-9(7-17-8)6-12(16)14-10-4-2-3-5-11(10)15/h7,10-11,15H,2-6H2,1H3,(H,14,16)/t10-,11-/m1/s1. The molecule has 1 aromatic rings. The number of carbonyl (C=O) groups excluding carboxylic acids is 1. The summed E-state index contributed by atoms with van der Waals surface area (Å²) >= 11 is 1.55. The van der Waals surface area contributed by atoms with Gasteiger partial charge in [-0.15, -0.1) is 11.3 Å². The summed E-state index contributed by atoms with van der Waals surface area (Å²) in [6.07, 6.45) is 3.73. The summed E-state index contributed by atoms with van der Waals surface area (Å²) in [6.45, 7) is 1.93. The minimum absolute atomic E-state index is 0.0405. The lowest BCUT2D eigenvalue weighted by atomic mass is 9.92. The van der Waals surface area contributed by atoms with Gasteiger partial charge in [-0.1, -0.05) is 12.8 Å². The van der Waals surface area contributed by atoms with Crippen LogP contribution in [0.1, 0.15) is 36.4 Å². The van der Waals surface area contributed by atoms with Crippen molar-refractivity contribution in [1.29, 1.82) is 0 Å². The van der Waals surface area contributed by atoms with Crippen molar-refractivity contribution in [3.05, 3.63) is 16.1 Å². The van der Waals surface area contributed by atoms with Crippen LogP contribution in [-0.2, 0) is 11.2 Å². The largest absolute Gasteiger partial charge is 0.391 e. The number of nitrogens with zero attached hydrogens (tertiary/aromatic N) is 1. The van der Waals surface area contributed by atoms with E-state index in [0.29, 0.717) is 6.42 Å². The molecule has 0 unspecified atom stereocenters. The molecule has 2 N–H and O–H groups in total. The minimum Gasteiger partial charge on any atom is -0.391 e. The molecule has 17 heavy (non-hydrogen) atoms. The minimum atomic E-state index is -0.384. The first-order valence-corrected chi connectivity index (χ1v) is 6.91. The Kier molecular flexibility index (Phi) is 4.12. The number of amides is 1. The summed E-state index contributed by atoms with van der Waals surface area (Å²) in [4.78, 5) is 16.0. The summed E-state index contributed by atoms with van der Waals surface area (Å²) in [5, 5.41) is 15.5. The van der Waals surface area contributed by atoms with E-state index in [0.717, 1.165) is 36.4 Å². The van der Waals surface area contributed by atoms with E-state index < -0.39 is 0 Å². The Morgan fingerprint density at radius 2 is 2.35 bits per heavy atom. The van der Waals surface area contributed by atoms with Crippen molar-refractivity contribution >= 4 is 17.2 Å². The van der Waals surface area contributed by atoms with Gasteiger partial charge < -0.3 is 10.4 Å². The number of hydrogen-bond acceptors (Lipinski definition) is 4. The average molecular weight is 254 g/mol. The van der Waals surface area contributed by atoms with Crippen LogP contribution in [0.2, 0.25) is 0 Å². The maximum Gasteiger partial charge on any atom is 0.226 e. The van der Waals surface area contributed by atoms with Crippen LogP contribution in [-0.4, -0.2) is 28.1 Å². The van der Waals surface area contributed by atoms with Crippen molar-refractivity contribution in [3.8, 4) is 0 Å². The van der Waals surface area contributed by atoms with Crippen LogP contribution in [0.15, 0.2) is 5.38 Å². The quantitative estimate of drug-likeness (QED) is 0.857. The molecule has 1 aromatic heterocycles. The van der Waals surface area contributed by atoms with Crippen LogP contribution in [0.4, 0.5) is 0 Å². The van der Waals surface area contributed by atoms with E-state index in [9.17, 15) is 9.90 Å². The van der Waals surface area contributed by atoms with Crippen LogP contribution < -0.4 is 5.32 Å². The molecule has 2 atom stereocenters. The third kappa shape index (κ3) is 3.51. The fraction of sp³-hybridized carbons (Fsp3) is 0.667. The molecule has 4 nitrogen and oxygen atoms in total. The molecule has 0 saturated heterocycles. The Morgan fingerprint density at radius 3 is 3.00 bits per heavy atom. The summed E-state index contributed by atoms with van der Waals surface area (Å²) < 4.78 is 0. The molecule has 1 aliphatic rings. The second-order valence-corrected chi connectivity index (χ2v) is 5.62. The molecule has 1 saturated carbocycles. The number of aliphatic hydroxyl groups is 1. The Bertz CT molecular complexity index is 392. The Balaban J connectivity index is 1.84. The molecule has 0 aliphatic heterocycles. The number of aryl methyl sites for hydroxylation is 1. The number of thiazole rings is 1. The van der Waals surface area contributed by atoms with Gasteiger partial charge in [0.15, 0.2) is 0 Å². The molecule has 1 fully saturated rings. The molecule has 0 bridgehead atoms. The molecule has 0 aromatic carbocycles. The van der Waals surface area contributed by atoms with E-state index in [2.05, 4.69) is 10.3 Å². The molecular formula is C12H18N2O2S. The monoisotopic (exact) mass is 254 g/mol. The fourth-order valence-electron chi connectivity index (χ4n) is 2.19. The van der Waals surface area contributed by atoms with Gasteiger partial charge in [0.2, 0.25) is 5.91 Å². The van der Waals surface area contributed by atoms with Crippen LogP contribution in [0.3, 0.4) is 0 Å². The van der Waals surface area contributed by atoms with E-state index >= 15 is 0 Å². The highest BCUT2D eigenvalue weighted by Gasteiger charge is 2.24. The first-order chi connectivity index (χ1) is 8.15. The van der Waals surface area contributed by atoms with Crippen molar-refractivity contribution in [3.63, 3.8) is 0 Å². The van der Waals surface area contributed by atoms with Gasteiger partial charge in [0.25, 0.3) is 0 Å². The first kappa shape index (κ1) is 12.5. The van der Waals surface area contributed by atoms with E-state index in [1.54, 1.807) is 11.3 Å². The maximum atomic E-state index is 11.8. The Morgan fingerprint density at radius 1 is 1.59 bits per heavy atom. The molecule has 94 valence electrons. The number of aliphatic hydroxyl groups excluding tert-OH is 1. The third-order valence-electron chi connectivity index (χ3n) is 3.08. The summed E-state index contributed by atoms with van der Waals surface area (Å²) in [6, 6.07) is -0.0732. The zero-order valence-corrected chi connectivity index (χ0v) is 10.8. The molecule has 1 amide bonds. The van der Waals surface area contributed by atoms with Gasteiger partial charge in [-0.05, 0) is 19.8 Å². The Labute approximate surface area is 105 Å². The highest BCUT2D eigenvalue weighted by molar-refractivity contribution is 7.09. The van der Waals surface area contributed by atoms with Crippen molar-refractivity contribution in [2.24, 2.45) is 0 Å². The van der Waals surface area contributed by atoms with Crippen molar-refractivity contribution in [1.82, 2.24) is 10.3 Å². The lowest BCUT2D eigenvalue weighted by Crippen LogP contribution is -2.45. The summed E-state index contributed by atoms with van der Waals surface area (Å²) in [5.41, 5.74) is 0.815. The van der Waals surface area contributed by atoms with E-state index in [4.69, 9.17) is 0 Å². The summed E-state index contributed by atoms with van der Waals surface area (Å²) in [5.74, 6) is -0.0405. The Hall–Kier alpha value is -0.940. The van der Waals surface area contributed by atoms with Crippen LogP contribution in [0, 0.1) is 6.92 Å². The van der Waals surface area contributed by atoms with Crippen molar-refractivity contribution in [2.45, 2.75) is 51.2 Å². The lowest BCUT2D eigenvalue weighted by Gasteiger charge is -2.28. The zero-order valence-electron chi connectivity index (χ0n) is 9.98. The molecule has 0 radical (unpaired) electrons. The molecule has 0 spiro atoms. The second-order valence-electron chi connectivity index (χ2n) is 4.56. The van der Waals surface area contributed by atoms with Gasteiger partial charge in [0.05, 0.1) is 29.3 Å². The lowest BCUT2D eigenvalue weighted by molar-refractivity contribution is -0.122. The van der Waals surface area contributed by atoms with Crippen LogP contribution in [0.25, 0.3) is 0 Å². The fourth-order valence-corrected chi connectivity index (χ4v) is 2.80. The molecule has 1 heterocycles. The first-order valence-electron chi connectivity index (χ1n) is 6.03. The van der Waals surface area contributed by atoms with Gasteiger partial charge in [-0.25, -0.2) is 4.98 Å². The van der Waals surface area contributed by atoms with Crippen molar-refractivity contribution in [2.75, 3.05) is 0 Å². The normalized spacial score (nSPS) is 24.6. The highest BCUT2D eigenvalue weighted by Crippen LogP contribution is 2.18. The van der Waals surface area contributed by atoms with Gasteiger partial charge in [-0.3, -0.25) is 4.79 Å². The smallest absolute Gasteiger partial charge is 0.226 e. The van der Waals surface area contributed by atoms with Crippen LogP contribution >= 0.6 is 11.3 Å². The average Bonchev–Trinajstić information content (AvgIpc) is 2.67. The van der Waals surface area contributed by atoms with Gasteiger partial charge >= 0.3 is 0 Å². The maximum absolute atomic E-state index is 11.8. The molecule has 1 aliphatic carbocycles. The van der Waals surface area contributed by atoms with E-state index in [1.807, 2.05) is 12.3 Å². The van der Waals surface area contributed by atoms with E-state index in [-0.39, 0.29) is 18.1 Å². The van der Waals surface area contributed by atoms with Gasteiger partial charge in [0, 0.05) is 5.38 Å². The van der Waals surface area contributed by atoms with Crippen molar-refractivity contribution < 1.29 is 9.90 Å². The van der Waals surface area contributed by atoms with Gasteiger partial charge in [0.1, 0.15) is 0 Å². The molecular weight excluding hydrogens is 236 g/mol. The van der Waals surface area contributed by atoms with Gasteiger partial charge in [-0.2, -0.15) is 0 Å². The van der Waals surface area contributed by atoms with Crippen LogP contribution in [0.5, 0.6) is 0 Å². The number of hydrogen-bond donors (Lipinski definition) is 2. The van der Waals surface area contributed by atoms with E-state index in [1.165, 1.54) is 0 Å². The highest BCUT2D eigenvalue weighted by atomic mass is 32.1. The topological polar surface area (TPSA) is 62.2 Å². The zero-order chi connectivity index (χ0) is 12.3.